The molecule has 8 rings (SSSR count). The van der Waals surface area contributed by atoms with Crippen LogP contribution in [0.15, 0.2) is 157 Å². The molecule has 6 aromatic rings. The summed E-state index contributed by atoms with van der Waals surface area (Å²) in [4.78, 5) is 9.84. The molecule has 0 fully saturated rings. The molecule has 2 heterocycles. The molecule has 0 saturated carbocycles. The molecule has 2 aliphatic heterocycles. The van der Waals surface area contributed by atoms with E-state index < -0.39 is 0 Å². The molecule has 2 aliphatic rings. The van der Waals surface area contributed by atoms with Gasteiger partial charge in [0.1, 0.15) is 0 Å². The first-order chi connectivity index (χ1) is 22.5. The van der Waals surface area contributed by atoms with Crippen LogP contribution in [-0.4, -0.2) is 0 Å². The molecule has 0 aromatic heterocycles. The Bertz CT molecular complexity index is 1930. The van der Waals surface area contributed by atoms with Crippen LogP contribution in [0.5, 0.6) is 0 Å². The van der Waals surface area contributed by atoms with Gasteiger partial charge in [0.15, 0.2) is 11.6 Å². The zero-order chi connectivity index (χ0) is 31.4. The third-order valence-electron chi connectivity index (χ3n) is 8.88. The Morgan fingerprint density at radius 2 is 0.609 bits per heavy atom. The smallest absolute Gasteiger partial charge is 0.166 e. The van der Waals surface area contributed by atoms with Crippen molar-refractivity contribution in [1.29, 1.82) is 0 Å². The highest BCUT2D eigenvalue weighted by Gasteiger charge is 2.45. The number of rotatable bonds is 4. The summed E-state index contributed by atoms with van der Waals surface area (Å²) in [5.41, 5.74) is 14.1. The van der Waals surface area contributed by atoms with Gasteiger partial charge in [-0.25, -0.2) is 0 Å². The standard InChI is InChI=1S/C42H36N4/c1-29-25-31(3)39-37(27-29)43(33-17-9-5-10-18-33)41(45(39)35-21-13-7-14-22-35)42-44(34-19-11-6-12-20-34)38-28-30(2)26-32(4)40(38)46(42)36-23-15-8-16-24-36/h5-28H,1-4H3/b42-41+. The molecule has 0 spiro atoms. The van der Waals surface area contributed by atoms with E-state index >= 15 is 0 Å². The molecule has 6 aromatic carbocycles. The molecule has 0 aliphatic carbocycles. The van der Waals surface area contributed by atoms with Gasteiger partial charge in [0.2, 0.25) is 0 Å². The summed E-state index contributed by atoms with van der Waals surface area (Å²) in [5, 5.41) is 0. The predicted molar refractivity (Wildman–Crippen MR) is 193 cm³/mol. The van der Waals surface area contributed by atoms with Gasteiger partial charge >= 0.3 is 0 Å². The summed E-state index contributed by atoms with van der Waals surface area (Å²) in [6, 6.07) is 52.4. The second kappa shape index (κ2) is 11.0. The number of anilines is 8. The first-order valence-electron chi connectivity index (χ1n) is 15.9. The van der Waals surface area contributed by atoms with Gasteiger partial charge in [-0.3, -0.25) is 19.6 Å². The fraction of sp³-hybridized carbons (Fsp3) is 0.0952. The van der Waals surface area contributed by atoms with Crippen molar-refractivity contribution in [3.63, 3.8) is 0 Å². The minimum Gasteiger partial charge on any atom is -0.291 e. The van der Waals surface area contributed by atoms with Crippen LogP contribution in [0, 0.1) is 27.7 Å². The van der Waals surface area contributed by atoms with Gasteiger partial charge in [-0.15, -0.1) is 0 Å². The van der Waals surface area contributed by atoms with Crippen LogP contribution < -0.4 is 19.6 Å². The van der Waals surface area contributed by atoms with Crippen LogP contribution in [0.25, 0.3) is 0 Å². The van der Waals surface area contributed by atoms with Crippen LogP contribution in [0.4, 0.5) is 45.5 Å². The van der Waals surface area contributed by atoms with E-state index in [9.17, 15) is 0 Å². The summed E-state index contributed by atoms with van der Waals surface area (Å²) in [6.45, 7) is 8.86. The van der Waals surface area contributed by atoms with Crippen LogP contribution >= 0.6 is 0 Å². The van der Waals surface area contributed by atoms with Gasteiger partial charge in [-0.2, -0.15) is 0 Å². The van der Waals surface area contributed by atoms with Crippen molar-refractivity contribution in [2.45, 2.75) is 27.7 Å². The fourth-order valence-electron chi connectivity index (χ4n) is 7.17. The quantitative estimate of drug-likeness (QED) is 0.201. The van der Waals surface area contributed by atoms with E-state index in [0.717, 1.165) is 34.4 Å². The van der Waals surface area contributed by atoms with Crippen molar-refractivity contribution in [1.82, 2.24) is 0 Å². The normalized spacial score (nSPS) is 15.4. The van der Waals surface area contributed by atoms with E-state index in [1.807, 2.05) is 0 Å². The first-order valence-corrected chi connectivity index (χ1v) is 15.9. The monoisotopic (exact) mass is 596 g/mol. The number of fused-ring (bicyclic) bond motifs is 2. The van der Waals surface area contributed by atoms with Crippen molar-refractivity contribution in [3.8, 4) is 0 Å². The Labute approximate surface area is 271 Å². The first kappa shape index (κ1) is 27.8. The topological polar surface area (TPSA) is 13.0 Å². The third kappa shape index (κ3) is 4.37. The molecule has 0 saturated heterocycles. The Kier molecular flexibility index (Phi) is 6.65. The number of benzene rings is 6. The summed E-state index contributed by atoms with van der Waals surface area (Å²) >= 11 is 0. The van der Waals surface area contributed by atoms with Gasteiger partial charge in [0.25, 0.3) is 0 Å². The molecule has 4 heteroatoms. The molecule has 46 heavy (non-hydrogen) atoms. The lowest BCUT2D eigenvalue weighted by Crippen LogP contribution is -2.33. The Morgan fingerprint density at radius 1 is 0.326 bits per heavy atom. The maximum atomic E-state index is 2.46. The van der Waals surface area contributed by atoms with Crippen LogP contribution in [0.2, 0.25) is 0 Å². The van der Waals surface area contributed by atoms with Crippen LogP contribution in [-0.2, 0) is 0 Å². The summed E-state index contributed by atoms with van der Waals surface area (Å²) in [6.07, 6.45) is 0. The van der Waals surface area contributed by atoms with E-state index in [0.29, 0.717) is 0 Å². The Morgan fingerprint density at radius 3 is 0.913 bits per heavy atom. The van der Waals surface area contributed by atoms with Crippen molar-refractivity contribution in [2.24, 2.45) is 0 Å². The van der Waals surface area contributed by atoms with Gasteiger partial charge < -0.3 is 0 Å². The zero-order valence-electron chi connectivity index (χ0n) is 26.6. The van der Waals surface area contributed by atoms with E-state index in [4.69, 9.17) is 0 Å². The molecule has 4 nitrogen and oxygen atoms in total. The second-order valence-electron chi connectivity index (χ2n) is 12.2. The molecule has 0 radical (unpaired) electrons. The number of para-hydroxylation sites is 4. The lowest BCUT2D eigenvalue weighted by atomic mass is 10.1. The van der Waals surface area contributed by atoms with Gasteiger partial charge in [-0.05, 0) is 111 Å². The molecule has 0 unspecified atom stereocenters. The number of aryl methyl sites for hydroxylation is 4. The fourth-order valence-corrected chi connectivity index (χ4v) is 7.17. The Hall–Kier alpha value is -5.74. The van der Waals surface area contributed by atoms with E-state index in [-0.39, 0.29) is 0 Å². The molecule has 224 valence electrons. The van der Waals surface area contributed by atoms with Crippen molar-refractivity contribution < 1.29 is 0 Å². The van der Waals surface area contributed by atoms with Gasteiger partial charge in [0.05, 0.1) is 22.7 Å². The molecule has 0 N–H and O–H groups in total. The minimum absolute atomic E-state index is 1.07. The lowest BCUT2D eigenvalue weighted by Gasteiger charge is -2.34. The average Bonchev–Trinajstić information content (AvgIpc) is 3.59. The summed E-state index contributed by atoms with van der Waals surface area (Å²) in [5.74, 6) is 2.14. The maximum absolute atomic E-state index is 2.46. The van der Waals surface area contributed by atoms with Crippen LogP contribution in [0.1, 0.15) is 22.3 Å². The van der Waals surface area contributed by atoms with Crippen molar-refractivity contribution >= 4 is 45.5 Å². The summed E-state index contributed by atoms with van der Waals surface area (Å²) < 4.78 is 0. The average molecular weight is 597 g/mol. The highest BCUT2D eigenvalue weighted by molar-refractivity contribution is 6.01. The Balaban J connectivity index is 1.57. The molecule has 0 amide bonds. The lowest BCUT2D eigenvalue weighted by molar-refractivity contribution is 1.01. The van der Waals surface area contributed by atoms with E-state index in [1.54, 1.807) is 0 Å². The number of hydrogen-bond donors (Lipinski definition) is 0. The second-order valence-corrected chi connectivity index (χ2v) is 12.2. The third-order valence-corrected chi connectivity index (χ3v) is 8.88. The molecule has 0 atom stereocenters. The maximum Gasteiger partial charge on any atom is 0.166 e. The van der Waals surface area contributed by atoms with Gasteiger partial charge in [-0.1, -0.05) is 84.9 Å². The zero-order valence-corrected chi connectivity index (χ0v) is 26.6. The SMILES string of the molecule is Cc1cc(C)c2c(c1)N(c1ccccc1)/C(=C1/N(c3ccccc3)c3cc(C)cc(C)c3N1c1ccccc1)N2c1ccccc1. The van der Waals surface area contributed by atoms with E-state index in [1.165, 1.54) is 45.0 Å². The van der Waals surface area contributed by atoms with Crippen molar-refractivity contribution in [2.75, 3.05) is 19.6 Å². The molecule has 0 bridgehead atoms. The largest absolute Gasteiger partial charge is 0.291 e. The predicted octanol–water partition coefficient (Wildman–Crippen LogP) is 11.3. The van der Waals surface area contributed by atoms with Crippen molar-refractivity contribution in [3.05, 3.63) is 179 Å². The highest BCUT2D eigenvalue weighted by Crippen LogP contribution is 2.58. The van der Waals surface area contributed by atoms with Gasteiger partial charge in [0, 0.05) is 22.7 Å². The van der Waals surface area contributed by atoms with E-state index in [2.05, 4.69) is 193 Å². The number of hydrogen-bond acceptors (Lipinski definition) is 4. The molecular weight excluding hydrogens is 560 g/mol. The molecular formula is C42H36N4. The summed E-state index contributed by atoms with van der Waals surface area (Å²) in [7, 11) is 0. The highest BCUT2D eigenvalue weighted by atomic mass is 15.5. The number of nitrogens with zero attached hydrogens (tertiary/aromatic N) is 4. The van der Waals surface area contributed by atoms with Crippen LogP contribution in [0.3, 0.4) is 0 Å². The minimum atomic E-state index is 1.07.